The summed E-state index contributed by atoms with van der Waals surface area (Å²) in [4.78, 5) is 11.3. The van der Waals surface area contributed by atoms with E-state index in [1.165, 1.54) is 16.0 Å². The smallest absolute Gasteiger partial charge is 0.128 e. The Morgan fingerprint density at radius 2 is 1.69 bits per heavy atom. The number of fused-ring (bicyclic) bond motifs is 1. The standard InChI is InChI=1S/C20H14Cl2N2S2/c1-12-17(13-6-3-2-4-7-13)18-19(23-11-24-20(18)26-12)25-10-14-15(21)8-5-9-16(14)22/h2-9,11H,10H2,1H3. The number of benzene rings is 2. The lowest BCUT2D eigenvalue weighted by Gasteiger charge is -2.08. The van der Waals surface area contributed by atoms with E-state index in [1.807, 2.05) is 24.3 Å². The molecule has 26 heavy (non-hydrogen) atoms. The van der Waals surface area contributed by atoms with E-state index in [9.17, 15) is 0 Å². The molecule has 0 atom stereocenters. The number of thioether (sulfide) groups is 1. The van der Waals surface area contributed by atoms with Gasteiger partial charge in [-0.25, -0.2) is 9.97 Å². The zero-order valence-corrected chi connectivity index (χ0v) is 17.0. The Morgan fingerprint density at radius 3 is 2.42 bits per heavy atom. The van der Waals surface area contributed by atoms with E-state index in [0.29, 0.717) is 15.8 Å². The van der Waals surface area contributed by atoms with Crippen LogP contribution in [0.3, 0.4) is 0 Å². The molecule has 0 radical (unpaired) electrons. The van der Waals surface area contributed by atoms with Gasteiger partial charge >= 0.3 is 0 Å². The summed E-state index contributed by atoms with van der Waals surface area (Å²) in [5.41, 5.74) is 3.32. The lowest BCUT2D eigenvalue weighted by Crippen LogP contribution is -1.89. The zero-order chi connectivity index (χ0) is 18.1. The van der Waals surface area contributed by atoms with Crippen LogP contribution in [0.25, 0.3) is 21.3 Å². The summed E-state index contributed by atoms with van der Waals surface area (Å²) in [6.07, 6.45) is 1.63. The van der Waals surface area contributed by atoms with Crippen molar-refractivity contribution in [3.63, 3.8) is 0 Å². The molecule has 2 aromatic carbocycles. The van der Waals surface area contributed by atoms with E-state index in [-0.39, 0.29) is 0 Å². The molecule has 4 aromatic rings. The molecule has 2 heterocycles. The Labute approximate surface area is 170 Å². The number of halogens is 2. The SMILES string of the molecule is Cc1sc2ncnc(SCc3c(Cl)cccc3Cl)c2c1-c1ccccc1. The highest BCUT2D eigenvalue weighted by atomic mass is 35.5. The normalized spacial score (nSPS) is 11.2. The largest absolute Gasteiger partial charge is 0.229 e. The van der Waals surface area contributed by atoms with E-state index in [1.54, 1.807) is 29.4 Å². The van der Waals surface area contributed by atoms with Crippen molar-refractivity contribution < 1.29 is 0 Å². The van der Waals surface area contributed by atoms with Crippen molar-refractivity contribution in [1.82, 2.24) is 9.97 Å². The van der Waals surface area contributed by atoms with E-state index in [4.69, 9.17) is 23.2 Å². The van der Waals surface area contributed by atoms with Gasteiger partial charge in [-0.1, -0.05) is 59.6 Å². The quantitative estimate of drug-likeness (QED) is 0.258. The first-order chi connectivity index (χ1) is 12.6. The average molecular weight is 417 g/mol. The second-order valence-corrected chi connectivity index (χ2v) is 8.73. The summed E-state index contributed by atoms with van der Waals surface area (Å²) in [6.45, 7) is 2.13. The molecule has 130 valence electrons. The van der Waals surface area contributed by atoms with Crippen molar-refractivity contribution in [2.45, 2.75) is 17.7 Å². The fraction of sp³-hybridized carbons (Fsp3) is 0.100. The number of rotatable bonds is 4. The molecular formula is C20H14Cl2N2S2. The minimum atomic E-state index is 0.660. The van der Waals surface area contributed by atoms with Gasteiger partial charge in [0.25, 0.3) is 0 Å². The first kappa shape index (κ1) is 17.8. The topological polar surface area (TPSA) is 25.8 Å². The third-order valence-corrected chi connectivity index (χ3v) is 6.84. The van der Waals surface area contributed by atoms with Crippen LogP contribution >= 0.6 is 46.3 Å². The second kappa shape index (κ2) is 7.57. The summed E-state index contributed by atoms with van der Waals surface area (Å²) < 4.78 is 0. The highest BCUT2D eigenvalue weighted by Gasteiger charge is 2.17. The van der Waals surface area contributed by atoms with E-state index in [0.717, 1.165) is 20.8 Å². The molecule has 2 nitrogen and oxygen atoms in total. The Balaban J connectivity index is 1.79. The molecule has 0 aliphatic rings. The molecule has 0 fully saturated rings. The maximum Gasteiger partial charge on any atom is 0.128 e. The number of nitrogens with zero attached hydrogens (tertiary/aromatic N) is 2. The molecule has 0 unspecified atom stereocenters. The van der Waals surface area contributed by atoms with Crippen molar-refractivity contribution >= 4 is 56.5 Å². The van der Waals surface area contributed by atoms with Gasteiger partial charge in [-0.05, 0) is 30.2 Å². The molecule has 2 aromatic heterocycles. The predicted octanol–water partition coefficient (Wildman–Crippen LogP) is 7.27. The molecular weight excluding hydrogens is 403 g/mol. The molecule has 0 aliphatic carbocycles. The van der Waals surface area contributed by atoms with E-state index < -0.39 is 0 Å². The van der Waals surface area contributed by atoms with Gasteiger partial charge in [0.05, 0.1) is 5.39 Å². The van der Waals surface area contributed by atoms with Crippen molar-refractivity contribution in [3.8, 4) is 11.1 Å². The third-order valence-electron chi connectivity index (χ3n) is 4.11. The second-order valence-electron chi connectivity index (χ2n) is 5.75. The number of thiophene rings is 1. The fourth-order valence-electron chi connectivity index (χ4n) is 2.89. The molecule has 0 spiro atoms. The first-order valence-corrected chi connectivity index (χ1v) is 10.6. The highest BCUT2D eigenvalue weighted by molar-refractivity contribution is 7.98. The van der Waals surface area contributed by atoms with Crippen LogP contribution in [0.1, 0.15) is 10.4 Å². The Bertz CT molecular complexity index is 1060. The number of aryl methyl sites for hydroxylation is 1. The van der Waals surface area contributed by atoms with Crippen molar-refractivity contribution in [2.24, 2.45) is 0 Å². The van der Waals surface area contributed by atoms with Gasteiger partial charge in [0.2, 0.25) is 0 Å². The number of hydrogen-bond donors (Lipinski definition) is 0. The van der Waals surface area contributed by atoms with E-state index in [2.05, 4.69) is 41.2 Å². The number of hydrogen-bond acceptors (Lipinski definition) is 4. The maximum atomic E-state index is 6.32. The van der Waals surface area contributed by atoms with Crippen LogP contribution in [0, 0.1) is 6.92 Å². The Morgan fingerprint density at radius 1 is 0.962 bits per heavy atom. The van der Waals surface area contributed by atoms with Crippen molar-refractivity contribution in [3.05, 3.63) is 75.3 Å². The molecule has 0 saturated heterocycles. The summed E-state index contributed by atoms with van der Waals surface area (Å²) in [5.74, 6) is 0.660. The molecule has 0 aliphatic heterocycles. The van der Waals surface area contributed by atoms with Crippen LogP contribution in [-0.2, 0) is 5.75 Å². The van der Waals surface area contributed by atoms with Gasteiger partial charge in [0.15, 0.2) is 0 Å². The Kier molecular flexibility index (Phi) is 5.18. The van der Waals surface area contributed by atoms with Gasteiger partial charge in [0, 0.05) is 26.2 Å². The van der Waals surface area contributed by atoms with Crippen LogP contribution < -0.4 is 0 Å². The van der Waals surface area contributed by atoms with Crippen LogP contribution in [-0.4, -0.2) is 9.97 Å². The molecule has 4 rings (SSSR count). The maximum absolute atomic E-state index is 6.32. The number of aromatic nitrogens is 2. The van der Waals surface area contributed by atoms with Crippen molar-refractivity contribution in [1.29, 1.82) is 0 Å². The predicted molar refractivity (Wildman–Crippen MR) is 114 cm³/mol. The lowest BCUT2D eigenvalue weighted by molar-refractivity contribution is 1.11. The van der Waals surface area contributed by atoms with Crippen LogP contribution in [0.15, 0.2) is 59.9 Å². The minimum Gasteiger partial charge on any atom is -0.229 e. The van der Waals surface area contributed by atoms with Gasteiger partial charge in [-0.2, -0.15) is 0 Å². The highest BCUT2D eigenvalue weighted by Crippen LogP contribution is 2.42. The van der Waals surface area contributed by atoms with Crippen LogP contribution in [0.2, 0.25) is 10.0 Å². The lowest BCUT2D eigenvalue weighted by atomic mass is 10.0. The monoisotopic (exact) mass is 416 g/mol. The van der Waals surface area contributed by atoms with Crippen LogP contribution in [0.4, 0.5) is 0 Å². The van der Waals surface area contributed by atoms with Gasteiger partial charge in [-0.15, -0.1) is 23.1 Å². The summed E-state index contributed by atoms with van der Waals surface area (Å²) in [6, 6.07) is 16.0. The minimum absolute atomic E-state index is 0.660. The molecule has 0 saturated carbocycles. The van der Waals surface area contributed by atoms with Gasteiger partial charge in [0.1, 0.15) is 16.2 Å². The average Bonchev–Trinajstić information content (AvgIpc) is 2.98. The molecule has 6 heteroatoms. The first-order valence-electron chi connectivity index (χ1n) is 8.00. The van der Waals surface area contributed by atoms with Gasteiger partial charge in [-0.3, -0.25) is 0 Å². The molecule has 0 N–H and O–H groups in total. The summed E-state index contributed by atoms with van der Waals surface area (Å²) in [7, 11) is 0. The zero-order valence-electron chi connectivity index (χ0n) is 13.9. The van der Waals surface area contributed by atoms with Gasteiger partial charge < -0.3 is 0 Å². The Hall–Kier alpha value is -1.59. The molecule has 0 amide bonds. The van der Waals surface area contributed by atoms with Crippen molar-refractivity contribution in [2.75, 3.05) is 0 Å². The third kappa shape index (κ3) is 3.35. The fourth-order valence-corrected chi connectivity index (χ4v) is 5.71. The van der Waals surface area contributed by atoms with E-state index >= 15 is 0 Å². The summed E-state index contributed by atoms with van der Waals surface area (Å²) in [5, 5.41) is 3.42. The molecule has 0 bridgehead atoms. The summed E-state index contributed by atoms with van der Waals surface area (Å²) >= 11 is 16.0. The van der Waals surface area contributed by atoms with Crippen LogP contribution in [0.5, 0.6) is 0 Å².